The molecule has 1 aliphatic heterocycles. The van der Waals surface area contributed by atoms with Crippen molar-refractivity contribution in [3.8, 4) is 0 Å². The first-order chi connectivity index (χ1) is 6.75. The molecule has 3 heteroatoms. The molecule has 3 nitrogen and oxygen atoms in total. The summed E-state index contributed by atoms with van der Waals surface area (Å²) in [7, 11) is 0. The van der Waals surface area contributed by atoms with Gasteiger partial charge in [0.15, 0.2) is 5.89 Å². The Kier molecular flexibility index (Phi) is 2.87. The van der Waals surface area contributed by atoms with E-state index < -0.39 is 0 Å². The third-order valence-electron chi connectivity index (χ3n) is 2.88. The van der Waals surface area contributed by atoms with Gasteiger partial charge in [-0.1, -0.05) is 0 Å². The van der Waals surface area contributed by atoms with E-state index in [9.17, 15) is 0 Å². The molecule has 78 valence electrons. The van der Waals surface area contributed by atoms with E-state index in [0.717, 1.165) is 36.2 Å². The predicted molar refractivity (Wildman–Crippen MR) is 55.3 cm³/mol. The van der Waals surface area contributed by atoms with Crippen molar-refractivity contribution in [2.45, 2.75) is 33.1 Å². The topological polar surface area (TPSA) is 38.1 Å². The molecular weight excluding hydrogens is 176 g/mol. The van der Waals surface area contributed by atoms with E-state index in [1.54, 1.807) is 0 Å². The molecule has 1 saturated heterocycles. The summed E-state index contributed by atoms with van der Waals surface area (Å²) in [4.78, 5) is 4.41. The second-order valence-electron chi connectivity index (χ2n) is 4.15. The standard InChI is InChI=1S/C11H18N2O/c1-8-11(13-9(2)14-8)6-10-4-3-5-12-7-10/h10,12H,3-7H2,1-2H3. The van der Waals surface area contributed by atoms with Crippen LogP contribution in [0.3, 0.4) is 0 Å². The Morgan fingerprint density at radius 2 is 2.36 bits per heavy atom. The van der Waals surface area contributed by atoms with Crippen LogP contribution >= 0.6 is 0 Å². The third-order valence-corrected chi connectivity index (χ3v) is 2.88. The molecular formula is C11H18N2O. The summed E-state index contributed by atoms with van der Waals surface area (Å²) >= 11 is 0. The average molecular weight is 194 g/mol. The van der Waals surface area contributed by atoms with Crippen molar-refractivity contribution < 1.29 is 4.42 Å². The van der Waals surface area contributed by atoms with E-state index in [4.69, 9.17) is 4.42 Å². The van der Waals surface area contributed by atoms with E-state index >= 15 is 0 Å². The maximum absolute atomic E-state index is 5.42. The molecule has 0 saturated carbocycles. The number of oxazole rings is 1. The molecule has 1 fully saturated rings. The van der Waals surface area contributed by atoms with Crippen molar-refractivity contribution in [2.24, 2.45) is 5.92 Å². The van der Waals surface area contributed by atoms with Gasteiger partial charge in [-0.25, -0.2) is 4.98 Å². The number of aryl methyl sites for hydroxylation is 2. The van der Waals surface area contributed by atoms with E-state index in [2.05, 4.69) is 10.3 Å². The molecule has 2 heterocycles. The summed E-state index contributed by atoms with van der Waals surface area (Å²) in [6.45, 7) is 6.22. The van der Waals surface area contributed by atoms with Gasteiger partial charge in [0.25, 0.3) is 0 Å². The first-order valence-corrected chi connectivity index (χ1v) is 5.39. The zero-order valence-corrected chi connectivity index (χ0v) is 8.97. The van der Waals surface area contributed by atoms with E-state index in [1.807, 2.05) is 13.8 Å². The largest absolute Gasteiger partial charge is 0.446 e. The lowest BCUT2D eigenvalue weighted by molar-refractivity contribution is 0.372. The van der Waals surface area contributed by atoms with Gasteiger partial charge >= 0.3 is 0 Å². The monoisotopic (exact) mass is 194 g/mol. The number of nitrogens with one attached hydrogen (secondary N) is 1. The summed E-state index contributed by atoms with van der Waals surface area (Å²) in [5, 5.41) is 3.42. The summed E-state index contributed by atoms with van der Waals surface area (Å²) in [6, 6.07) is 0. The Morgan fingerprint density at radius 1 is 1.50 bits per heavy atom. The summed E-state index contributed by atoms with van der Waals surface area (Å²) in [6.07, 6.45) is 3.68. The lowest BCUT2D eigenvalue weighted by Gasteiger charge is -2.21. The van der Waals surface area contributed by atoms with Crippen molar-refractivity contribution in [1.82, 2.24) is 10.3 Å². The Labute approximate surface area is 84.9 Å². The predicted octanol–water partition coefficient (Wildman–Crippen LogP) is 1.83. The van der Waals surface area contributed by atoms with Crippen LogP contribution in [0.1, 0.15) is 30.2 Å². The second kappa shape index (κ2) is 4.13. The van der Waals surface area contributed by atoms with E-state index in [0.29, 0.717) is 0 Å². The number of rotatable bonds is 2. The van der Waals surface area contributed by atoms with Gasteiger partial charge in [0.1, 0.15) is 5.76 Å². The summed E-state index contributed by atoms with van der Waals surface area (Å²) < 4.78 is 5.42. The minimum Gasteiger partial charge on any atom is -0.446 e. The molecule has 1 aromatic rings. The van der Waals surface area contributed by atoms with Crippen molar-refractivity contribution in [3.05, 3.63) is 17.3 Å². The highest BCUT2D eigenvalue weighted by Gasteiger charge is 2.16. The first-order valence-electron chi connectivity index (χ1n) is 5.39. The van der Waals surface area contributed by atoms with Crippen LogP contribution in [0.15, 0.2) is 4.42 Å². The molecule has 1 aliphatic rings. The lowest BCUT2D eigenvalue weighted by atomic mass is 9.94. The molecule has 1 N–H and O–H groups in total. The number of hydrogen-bond donors (Lipinski definition) is 1. The van der Waals surface area contributed by atoms with Crippen LogP contribution in [0.25, 0.3) is 0 Å². The fourth-order valence-electron chi connectivity index (χ4n) is 2.13. The Bertz CT molecular complexity index is 300. The highest BCUT2D eigenvalue weighted by atomic mass is 16.4. The Morgan fingerprint density at radius 3 is 2.93 bits per heavy atom. The van der Waals surface area contributed by atoms with Crippen LogP contribution in [0, 0.1) is 19.8 Å². The lowest BCUT2D eigenvalue weighted by Crippen LogP contribution is -2.31. The number of hydrogen-bond acceptors (Lipinski definition) is 3. The van der Waals surface area contributed by atoms with Crippen molar-refractivity contribution in [1.29, 1.82) is 0 Å². The SMILES string of the molecule is Cc1nc(CC2CCCNC2)c(C)o1. The van der Waals surface area contributed by atoms with Gasteiger partial charge in [0, 0.05) is 6.92 Å². The average Bonchev–Trinajstić information content (AvgIpc) is 2.47. The number of nitrogens with zero attached hydrogens (tertiary/aromatic N) is 1. The molecule has 0 bridgehead atoms. The number of piperidine rings is 1. The third kappa shape index (κ3) is 2.15. The fraction of sp³-hybridized carbons (Fsp3) is 0.727. The van der Waals surface area contributed by atoms with Crippen LogP contribution in [-0.2, 0) is 6.42 Å². The zero-order valence-electron chi connectivity index (χ0n) is 8.97. The van der Waals surface area contributed by atoms with Gasteiger partial charge in [0.05, 0.1) is 5.69 Å². The molecule has 1 aromatic heterocycles. The van der Waals surface area contributed by atoms with Crippen LogP contribution in [0.2, 0.25) is 0 Å². The zero-order chi connectivity index (χ0) is 9.97. The van der Waals surface area contributed by atoms with Gasteiger partial charge in [0.2, 0.25) is 0 Å². The van der Waals surface area contributed by atoms with Gasteiger partial charge in [-0.15, -0.1) is 0 Å². The summed E-state index contributed by atoms with van der Waals surface area (Å²) in [5.74, 6) is 2.53. The van der Waals surface area contributed by atoms with Gasteiger partial charge in [-0.2, -0.15) is 0 Å². The van der Waals surface area contributed by atoms with Crippen LogP contribution in [0.5, 0.6) is 0 Å². The van der Waals surface area contributed by atoms with Gasteiger partial charge in [-0.3, -0.25) is 0 Å². The van der Waals surface area contributed by atoms with Crippen LogP contribution in [0.4, 0.5) is 0 Å². The number of aromatic nitrogens is 1. The molecule has 0 spiro atoms. The minimum atomic E-state index is 0.743. The molecule has 0 aromatic carbocycles. The van der Waals surface area contributed by atoms with Gasteiger partial charge < -0.3 is 9.73 Å². The van der Waals surface area contributed by atoms with Crippen molar-refractivity contribution in [3.63, 3.8) is 0 Å². The van der Waals surface area contributed by atoms with Crippen molar-refractivity contribution in [2.75, 3.05) is 13.1 Å². The summed E-state index contributed by atoms with van der Waals surface area (Å²) in [5.41, 5.74) is 1.15. The van der Waals surface area contributed by atoms with Crippen molar-refractivity contribution >= 4 is 0 Å². The van der Waals surface area contributed by atoms with E-state index in [1.165, 1.54) is 19.4 Å². The highest BCUT2D eigenvalue weighted by molar-refractivity contribution is 5.08. The molecule has 0 amide bonds. The molecule has 0 radical (unpaired) electrons. The maximum atomic E-state index is 5.42. The van der Waals surface area contributed by atoms with Crippen LogP contribution in [-0.4, -0.2) is 18.1 Å². The van der Waals surface area contributed by atoms with Crippen LogP contribution < -0.4 is 5.32 Å². The molecule has 1 unspecified atom stereocenters. The first kappa shape index (κ1) is 9.71. The molecule has 1 atom stereocenters. The molecule has 0 aliphatic carbocycles. The fourth-order valence-corrected chi connectivity index (χ4v) is 2.13. The second-order valence-corrected chi connectivity index (χ2v) is 4.15. The molecule has 14 heavy (non-hydrogen) atoms. The van der Waals surface area contributed by atoms with E-state index in [-0.39, 0.29) is 0 Å². The Balaban J connectivity index is 1.98. The maximum Gasteiger partial charge on any atom is 0.191 e. The van der Waals surface area contributed by atoms with Gasteiger partial charge in [-0.05, 0) is 45.2 Å². The quantitative estimate of drug-likeness (QED) is 0.780. The highest BCUT2D eigenvalue weighted by Crippen LogP contribution is 2.18. The minimum absolute atomic E-state index is 0.743. The Hall–Kier alpha value is -0.830. The smallest absolute Gasteiger partial charge is 0.191 e. The molecule has 2 rings (SSSR count). The normalized spacial score (nSPS) is 22.6.